The number of aromatic nitrogens is 5. The Bertz CT molecular complexity index is 1270. The molecule has 0 unspecified atom stereocenters. The summed E-state index contributed by atoms with van der Waals surface area (Å²) < 4.78 is 19.8. The van der Waals surface area contributed by atoms with Gasteiger partial charge in [-0.05, 0) is 31.0 Å². The summed E-state index contributed by atoms with van der Waals surface area (Å²) in [5, 5.41) is 6.79. The van der Waals surface area contributed by atoms with Crippen LogP contribution in [0.5, 0.6) is 5.88 Å². The predicted octanol–water partition coefficient (Wildman–Crippen LogP) is 3.44. The van der Waals surface area contributed by atoms with Crippen LogP contribution in [0.3, 0.4) is 0 Å². The molecule has 1 aliphatic rings. The monoisotopic (exact) mass is 419 g/mol. The fraction of sp³-hybridized carbons (Fsp3) is 0.190. The molecule has 156 valence electrons. The summed E-state index contributed by atoms with van der Waals surface area (Å²) in [4.78, 5) is 32.5. The van der Waals surface area contributed by atoms with Crippen molar-refractivity contribution in [3.05, 3.63) is 60.1 Å². The first-order valence-electron chi connectivity index (χ1n) is 9.69. The lowest BCUT2D eigenvalue weighted by Crippen LogP contribution is -2.09. The van der Waals surface area contributed by atoms with Crippen molar-refractivity contribution >= 4 is 34.1 Å². The second kappa shape index (κ2) is 7.63. The molecule has 0 aromatic carbocycles. The van der Waals surface area contributed by atoms with E-state index >= 15 is 0 Å². The molecule has 0 atom stereocenters. The second-order valence-electron chi connectivity index (χ2n) is 7.15. The highest BCUT2D eigenvalue weighted by Crippen LogP contribution is 2.30. The summed E-state index contributed by atoms with van der Waals surface area (Å²) in [5.74, 6) is -0.0963. The number of halogens is 1. The lowest BCUT2D eigenvalue weighted by atomic mass is 10.0. The van der Waals surface area contributed by atoms with Gasteiger partial charge in [0.2, 0.25) is 11.8 Å². The van der Waals surface area contributed by atoms with Crippen molar-refractivity contribution in [2.75, 3.05) is 17.7 Å². The maximum absolute atomic E-state index is 14.8. The summed E-state index contributed by atoms with van der Waals surface area (Å²) in [7, 11) is 1.52. The van der Waals surface area contributed by atoms with Gasteiger partial charge in [-0.15, -0.1) is 0 Å². The van der Waals surface area contributed by atoms with E-state index < -0.39 is 11.7 Å². The van der Waals surface area contributed by atoms with Crippen LogP contribution < -0.4 is 15.4 Å². The second-order valence-corrected chi connectivity index (χ2v) is 7.15. The Labute approximate surface area is 176 Å². The Hall–Kier alpha value is -4.08. The standard InChI is InChI=1S/C21H18FN7O2/c1-31-16-7-4-12(8-23-16)27-15-6-5-13(19(22)29-15)18(30)14-9-24-20-17(14)21(26-10-25-20)28-11-2-3-11/h4-11H,2-3H2,1H3,(H,27,29)(H2,24,25,26,28). The number of fused-ring (bicyclic) bond motifs is 1. The molecule has 1 aliphatic carbocycles. The van der Waals surface area contributed by atoms with Crippen molar-refractivity contribution in [3.63, 3.8) is 0 Å². The van der Waals surface area contributed by atoms with E-state index in [1.165, 1.54) is 38.0 Å². The van der Waals surface area contributed by atoms with Gasteiger partial charge in [-0.1, -0.05) is 0 Å². The highest BCUT2D eigenvalue weighted by molar-refractivity contribution is 6.18. The van der Waals surface area contributed by atoms with Gasteiger partial charge in [0.05, 0.1) is 35.5 Å². The molecule has 4 aromatic heterocycles. The Morgan fingerprint density at radius 3 is 2.74 bits per heavy atom. The molecular formula is C21H18FN7O2. The number of rotatable bonds is 7. The van der Waals surface area contributed by atoms with Crippen molar-refractivity contribution in [1.82, 2.24) is 24.9 Å². The number of H-pyrrole nitrogens is 1. The first-order valence-corrected chi connectivity index (χ1v) is 9.69. The number of methoxy groups -OCH3 is 1. The van der Waals surface area contributed by atoms with Gasteiger partial charge in [0.15, 0.2) is 5.78 Å². The summed E-state index contributed by atoms with van der Waals surface area (Å²) >= 11 is 0. The van der Waals surface area contributed by atoms with Crippen molar-refractivity contribution in [3.8, 4) is 5.88 Å². The molecule has 9 nitrogen and oxygen atoms in total. The van der Waals surface area contributed by atoms with Crippen molar-refractivity contribution < 1.29 is 13.9 Å². The third kappa shape index (κ3) is 3.75. The van der Waals surface area contributed by atoms with E-state index in [0.717, 1.165) is 12.8 Å². The normalized spacial score (nSPS) is 13.2. The van der Waals surface area contributed by atoms with Gasteiger partial charge < -0.3 is 20.4 Å². The number of carbonyl (C=O) groups is 1. The Balaban J connectivity index is 1.43. The molecule has 1 fully saturated rings. The van der Waals surface area contributed by atoms with E-state index in [0.29, 0.717) is 40.0 Å². The third-order valence-corrected chi connectivity index (χ3v) is 4.94. The number of nitrogens with one attached hydrogen (secondary N) is 3. The molecular weight excluding hydrogens is 401 g/mol. The molecule has 0 aliphatic heterocycles. The van der Waals surface area contributed by atoms with Crippen LogP contribution >= 0.6 is 0 Å². The van der Waals surface area contributed by atoms with Crippen LogP contribution in [0.4, 0.5) is 21.7 Å². The molecule has 4 aromatic rings. The van der Waals surface area contributed by atoms with E-state index in [2.05, 4.69) is 35.6 Å². The number of aromatic amines is 1. The topological polar surface area (TPSA) is 118 Å². The number of hydrogen-bond donors (Lipinski definition) is 3. The largest absolute Gasteiger partial charge is 0.481 e. The lowest BCUT2D eigenvalue weighted by molar-refractivity contribution is 0.103. The molecule has 0 amide bonds. The quantitative estimate of drug-likeness (QED) is 0.308. The maximum atomic E-state index is 14.8. The first-order chi connectivity index (χ1) is 15.1. The molecule has 10 heteroatoms. The minimum absolute atomic E-state index is 0.138. The maximum Gasteiger partial charge on any atom is 0.226 e. The number of ether oxygens (including phenoxy) is 1. The van der Waals surface area contributed by atoms with Gasteiger partial charge in [0, 0.05) is 18.3 Å². The number of hydrogen-bond acceptors (Lipinski definition) is 8. The Morgan fingerprint density at radius 2 is 2.03 bits per heavy atom. The molecule has 0 spiro atoms. The predicted molar refractivity (Wildman–Crippen MR) is 112 cm³/mol. The number of anilines is 3. The highest BCUT2D eigenvalue weighted by Gasteiger charge is 2.26. The first kappa shape index (κ1) is 18.9. The van der Waals surface area contributed by atoms with Gasteiger partial charge in [0.25, 0.3) is 0 Å². The van der Waals surface area contributed by atoms with Gasteiger partial charge in [-0.25, -0.2) is 19.9 Å². The Kier molecular flexibility index (Phi) is 4.66. The summed E-state index contributed by atoms with van der Waals surface area (Å²) in [6.07, 6.45) is 6.59. The van der Waals surface area contributed by atoms with Gasteiger partial charge >= 0.3 is 0 Å². The molecule has 5 rings (SSSR count). The van der Waals surface area contributed by atoms with E-state index in [-0.39, 0.29) is 11.4 Å². The van der Waals surface area contributed by atoms with E-state index in [9.17, 15) is 9.18 Å². The summed E-state index contributed by atoms with van der Waals surface area (Å²) in [5.41, 5.74) is 1.27. The molecule has 31 heavy (non-hydrogen) atoms. The number of ketones is 1. The van der Waals surface area contributed by atoms with E-state index in [4.69, 9.17) is 4.74 Å². The molecule has 3 N–H and O–H groups in total. The van der Waals surface area contributed by atoms with Crippen molar-refractivity contribution in [2.24, 2.45) is 0 Å². The minimum atomic E-state index is -0.876. The molecule has 0 radical (unpaired) electrons. The van der Waals surface area contributed by atoms with E-state index in [1.807, 2.05) is 0 Å². The molecule has 1 saturated carbocycles. The van der Waals surface area contributed by atoms with Crippen LogP contribution in [-0.2, 0) is 0 Å². The zero-order valence-corrected chi connectivity index (χ0v) is 16.5. The van der Waals surface area contributed by atoms with Crippen molar-refractivity contribution in [2.45, 2.75) is 18.9 Å². The van der Waals surface area contributed by atoms with Gasteiger partial charge in [-0.3, -0.25) is 4.79 Å². The minimum Gasteiger partial charge on any atom is -0.481 e. The SMILES string of the molecule is COc1ccc(Nc2ccc(C(=O)c3c[nH]c4ncnc(NC5CC5)c34)c(F)n2)cn1. The zero-order chi connectivity index (χ0) is 21.4. The zero-order valence-electron chi connectivity index (χ0n) is 16.5. The lowest BCUT2D eigenvalue weighted by Gasteiger charge is -2.09. The average Bonchev–Trinajstić information content (AvgIpc) is 3.49. The fourth-order valence-corrected chi connectivity index (χ4v) is 3.21. The average molecular weight is 419 g/mol. The molecule has 4 heterocycles. The third-order valence-electron chi connectivity index (χ3n) is 4.94. The smallest absolute Gasteiger partial charge is 0.226 e. The van der Waals surface area contributed by atoms with E-state index in [1.54, 1.807) is 12.1 Å². The highest BCUT2D eigenvalue weighted by atomic mass is 19.1. The number of carbonyl (C=O) groups excluding carboxylic acids is 1. The number of pyridine rings is 2. The van der Waals surface area contributed by atoms with Crippen molar-refractivity contribution in [1.29, 1.82) is 0 Å². The van der Waals surface area contributed by atoms with Crippen LogP contribution in [0, 0.1) is 5.95 Å². The van der Waals surface area contributed by atoms with Crippen LogP contribution in [0.2, 0.25) is 0 Å². The summed E-state index contributed by atoms with van der Waals surface area (Å²) in [6.45, 7) is 0. The van der Waals surface area contributed by atoms with Gasteiger partial charge in [0.1, 0.15) is 23.6 Å². The van der Waals surface area contributed by atoms with Crippen LogP contribution in [-0.4, -0.2) is 43.9 Å². The summed E-state index contributed by atoms with van der Waals surface area (Å²) in [6, 6.07) is 6.68. The molecule has 0 saturated heterocycles. The number of nitrogens with zero attached hydrogens (tertiary/aromatic N) is 4. The fourth-order valence-electron chi connectivity index (χ4n) is 3.21. The molecule has 0 bridgehead atoms. The van der Waals surface area contributed by atoms with Crippen LogP contribution in [0.25, 0.3) is 11.0 Å². The van der Waals surface area contributed by atoms with Crippen LogP contribution in [0.15, 0.2) is 43.0 Å². The van der Waals surface area contributed by atoms with Gasteiger partial charge in [-0.2, -0.15) is 4.39 Å². The Morgan fingerprint density at radius 1 is 1.16 bits per heavy atom. The van der Waals surface area contributed by atoms with Crippen LogP contribution in [0.1, 0.15) is 28.8 Å².